The van der Waals surface area contributed by atoms with Gasteiger partial charge in [0, 0.05) is 32.2 Å². The van der Waals surface area contributed by atoms with Crippen molar-refractivity contribution in [2.75, 3.05) is 32.9 Å². The summed E-state index contributed by atoms with van der Waals surface area (Å²) in [7, 11) is 0. The van der Waals surface area contributed by atoms with Crippen LogP contribution in [0.5, 0.6) is 5.75 Å². The molecule has 3 heteroatoms. The average molecular weight is 275 g/mol. The van der Waals surface area contributed by atoms with Crippen LogP contribution in [-0.4, -0.2) is 32.9 Å². The first kappa shape index (κ1) is 13.9. The Morgan fingerprint density at radius 1 is 1.20 bits per heavy atom. The molecule has 0 radical (unpaired) electrons. The van der Waals surface area contributed by atoms with Gasteiger partial charge in [0.05, 0.1) is 6.61 Å². The van der Waals surface area contributed by atoms with Gasteiger partial charge in [-0.3, -0.25) is 0 Å². The van der Waals surface area contributed by atoms with Gasteiger partial charge < -0.3 is 14.8 Å². The molecule has 1 N–H and O–H groups in total. The standard InChI is InChI=1S/C17H25NO2/c1-17(7-10-19-11-8-17)13-18-12-14-6-9-20-16-5-3-2-4-15(14)16/h2-5,14,18H,6-13H2,1H3. The summed E-state index contributed by atoms with van der Waals surface area (Å²) in [6, 6.07) is 8.45. The molecule has 1 unspecified atom stereocenters. The monoisotopic (exact) mass is 275 g/mol. The number of fused-ring (bicyclic) bond motifs is 1. The molecule has 2 heterocycles. The number of hydrogen-bond donors (Lipinski definition) is 1. The maximum Gasteiger partial charge on any atom is 0.122 e. The molecule has 1 saturated heterocycles. The highest BCUT2D eigenvalue weighted by Crippen LogP contribution is 2.33. The lowest BCUT2D eigenvalue weighted by molar-refractivity contribution is 0.0239. The Hall–Kier alpha value is -1.06. The first-order chi connectivity index (χ1) is 9.77. The molecule has 1 fully saturated rings. The zero-order valence-corrected chi connectivity index (χ0v) is 12.4. The van der Waals surface area contributed by atoms with Crippen molar-refractivity contribution in [3.05, 3.63) is 29.8 Å². The molecule has 3 nitrogen and oxygen atoms in total. The molecular weight excluding hydrogens is 250 g/mol. The summed E-state index contributed by atoms with van der Waals surface area (Å²) < 4.78 is 11.2. The first-order valence-corrected chi connectivity index (χ1v) is 7.77. The number of ether oxygens (including phenoxy) is 2. The van der Waals surface area contributed by atoms with Crippen LogP contribution >= 0.6 is 0 Å². The predicted octanol–water partition coefficient (Wildman–Crippen LogP) is 2.96. The highest BCUT2D eigenvalue weighted by molar-refractivity contribution is 5.37. The van der Waals surface area contributed by atoms with E-state index in [0.717, 1.165) is 45.1 Å². The largest absolute Gasteiger partial charge is 0.493 e. The minimum Gasteiger partial charge on any atom is -0.493 e. The lowest BCUT2D eigenvalue weighted by Gasteiger charge is -2.34. The summed E-state index contributed by atoms with van der Waals surface area (Å²) in [5.41, 5.74) is 1.77. The topological polar surface area (TPSA) is 30.5 Å². The molecule has 20 heavy (non-hydrogen) atoms. The number of rotatable bonds is 4. The zero-order chi connectivity index (χ0) is 13.8. The van der Waals surface area contributed by atoms with Crippen LogP contribution in [0.2, 0.25) is 0 Å². The fourth-order valence-electron chi connectivity index (χ4n) is 3.22. The second-order valence-electron chi connectivity index (χ2n) is 6.43. The van der Waals surface area contributed by atoms with Gasteiger partial charge in [0.1, 0.15) is 5.75 Å². The van der Waals surface area contributed by atoms with E-state index in [2.05, 4.69) is 36.5 Å². The Balaban J connectivity index is 1.54. The smallest absolute Gasteiger partial charge is 0.122 e. The van der Waals surface area contributed by atoms with Crippen LogP contribution in [0.1, 0.15) is 37.7 Å². The third-order valence-electron chi connectivity index (χ3n) is 4.73. The van der Waals surface area contributed by atoms with Crippen LogP contribution in [0.4, 0.5) is 0 Å². The predicted molar refractivity (Wildman–Crippen MR) is 80.3 cm³/mol. The van der Waals surface area contributed by atoms with Gasteiger partial charge in [-0.05, 0) is 36.3 Å². The Kier molecular flexibility index (Phi) is 4.27. The van der Waals surface area contributed by atoms with Gasteiger partial charge in [0.15, 0.2) is 0 Å². The average Bonchev–Trinajstić information content (AvgIpc) is 2.48. The fourth-order valence-corrected chi connectivity index (χ4v) is 3.22. The molecule has 2 aliphatic heterocycles. The second-order valence-corrected chi connectivity index (χ2v) is 6.43. The molecule has 0 amide bonds. The maximum absolute atomic E-state index is 5.73. The van der Waals surface area contributed by atoms with Crippen LogP contribution in [0.3, 0.4) is 0 Å². The van der Waals surface area contributed by atoms with Crippen LogP contribution in [-0.2, 0) is 4.74 Å². The summed E-state index contributed by atoms with van der Waals surface area (Å²) in [6.45, 7) is 7.19. The van der Waals surface area contributed by atoms with Crippen molar-refractivity contribution in [2.24, 2.45) is 5.41 Å². The van der Waals surface area contributed by atoms with E-state index in [0.29, 0.717) is 11.3 Å². The first-order valence-electron chi connectivity index (χ1n) is 7.77. The van der Waals surface area contributed by atoms with E-state index in [4.69, 9.17) is 9.47 Å². The summed E-state index contributed by atoms with van der Waals surface area (Å²) in [4.78, 5) is 0. The van der Waals surface area contributed by atoms with Gasteiger partial charge in [-0.15, -0.1) is 0 Å². The van der Waals surface area contributed by atoms with Gasteiger partial charge >= 0.3 is 0 Å². The zero-order valence-electron chi connectivity index (χ0n) is 12.4. The van der Waals surface area contributed by atoms with Gasteiger partial charge in [-0.2, -0.15) is 0 Å². The molecule has 0 spiro atoms. The number of hydrogen-bond acceptors (Lipinski definition) is 3. The highest BCUT2D eigenvalue weighted by Gasteiger charge is 2.28. The van der Waals surface area contributed by atoms with E-state index in [1.807, 2.05) is 0 Å². The SMILES string of the molecule is CC1(CNCC2CCOc3ccccc32)CCOCC1. The van der Waals surface area contributed by atoms with Crippen LogP contribution in [0, 0.1) is 5.41 Å². The van der Waals surface area contributed by atoms with E-state index in [-0.39, 0.29) is 0 Å². The van der Waals surface area contributed by atoms with Crippen molar-refractivity contribution in [2.45, 2.75) is 32.1 Å². The normalized spacial score (nSPS) is 24.8. The Morgan fingerprint density at radius 2 is 2.00 bits per heavy atom. The Labute approximate surface area is 121 Å². The van der Waals surface area contributed by atoms with Crippen molar-refractivity contribution in [1.82, 2.24) is 5.32 Å². The molecule has 2 aliphatic rings. The van der Waals surface area contributed by atoms with E-state index in [9.17, 15) is 0 Å². The summed E-state index contributed by atoms with van der Waals surface area (Å²) in [5.74, 6) is 1.66. The van der Waals surface area contributed by atoms with Gasteiger partial charge in [-0.25, -0.2) is 0 Å². The Bertz CT molecular complexity index is 440. The number of para-hydroxylation sites is 1. The van der Waals surface area contributed by atoms with Crippen molar-refractivity contribution in [3.63, 3.8) is 0 Å². The quantitative estimate of drug-likeness (QED) is 0.916. The van der Waals surface area contributed by atoms with Gasteiger partial charge in [0.2, 0.25) is 0 Å². The molecule has 1 atom stereocenters. The van der Waals surface area contributed by atoms with E-state index in [1.165, 1.54) is 18.4 Å². The minimum absolute atomic E-state index is 0.406. The fraction of sp³-hybridized carbons (Fsp3) is 0.647. The van der Waals surface area contributed by atoms with E-state index < -0.39 is 0 Å². The van der Waals surface area contributed by atoms with Crippen LogP contribution in [0.15, 0.2) is 24.3 Å². The van der Waals surface area contributed by atoms with E-state index >= 15 is 0 Å². The number of benzene rings is 1. The van der Waals surface area contributed by atoms with E-state index in [1.54, 1.807) is 0 Å². The molecule has 0 aromatic heterocycles. The Morgan fingerprint density at radius 3 is 2.85 bits per heavy atom. The lowest BCUT2D eigenvalue weighted by Crippen LogP contribution is -2.38. The molecule has 0 aliphatic carbocycles. The third-order valence-corrected chi connectivity index (χ3v) is 4.73. The molecule has 0 bridgehead atoms. The number of nitrogens with one attached hydrogen (secondary N) is 1. The molecule has 1 aromatic carbocycles. The lowest BCUT2D eigenvalue weighted by atomic mass is 9.82. The van der Waals surface area contributed by atoms with Crippen molar-refractivity contribution in [1.29, 1.82) is 0 Å². The van der Waals surface area contributed by atoms with Gasteiger partial charge in [0.25, 0.3) is 0 Å². The van der Waals surface area contributed by atoms with Crippen molar-refractivity contribution in [3.8, 4) is 5.75 Å². The van der Waals surface area contributed by atoms with Crippen LogP contribution < -0.4 is 10.1 Å². The molecule has 3 rings (SSSR count). The van der Waals surface area contributed by atoms with Crippen LogP contribution in [0.25, 0.3) is 0 Å². The molecule has 1 aromatic rings. The summed E-state index contributed by atoms with van der Waals surface area (Å²) in [6.07, 6.45) is 3.46. The molecular formula is C17H25NO2. The molecule has 110 valence electrons. The molecule has 0 saturated carbocycles. The van der Waals surface area contributed by atoms with Gasteiger partial charge in [-0.1, -0.05) is 25.1 Å². The third kappa shape index (κ3) is 3.15. The highest BCUT2D eigenvalue weighted by atomic mass is 16.5. The van der Waals surface area contributed by atoms with Crippen molar-refractivity contribution >= 4 is 0 Å². The second kappa shape index (κ2) is 6.15. The minimum atomic E-state index is 0.406. The maximum atomic E-state index is 5.73. The summed E-state index contributed by atoms with van der Waals surface area (Å²) >= 11 is 0. The summed E-state index contributed by atoms with van der Waals surface area (Å²) in [5, 5.41) is 3.70. The van der Waals surface area contributed by atoms with Crippen molar-refractivity contribution < 1.29 is 9.47 Å².